The average Bonchev–Trinajstić information content (AvgIpc) is 2.90. The number of carbonyl (C=O) groups is 2. The molecule has 3 atom stereocenters. The van der Waals surface area contributed by atoms with E-state index in [0.29, 0.717) is 12.4 Å². The van der Waals surface area contributed by atoms with Crippen molar-refractivity contribution in [1.29, 1.82) is 0 Å². The Morgan fingerprint density at radius 1 is 1.55 bits per heavy atom. The van der Waals surface area contributed by atoms with Crippen LogP contribution in [0.3, 0.4) is 0 Å². The molecule has 0 aliphatic carbocycles. The summed E-state index contributed by atoms with van der Waals surface area (Å²) in [5.74, 6) is -0.861. The van der Waals surface area contributed by atoms with Gasteiger partial charge in [-0.1, -0.05) is 0 Å². The molecule has 0 bridgehead atoms. The van der Waals surface area contributed by atoms with Gasteiger partial charge in [0, 0.05) is 5.75 Å². The summed E-state index contributed by atoms with van der Waals surface area (Å²) in [4.78, 5) is 26.0. The van der Waals surface area contributed by atoms with E-state index < -0.39 is 17.9 Å². The van der Waals surface area contributed by atoms with E-state index in [-0.39, 0.29) is 18.0 Å². The molecule has 0 aromatic carbocycles. The van der Waals surface area contributed by atoms with E-state index in [4.69, 9.17) is 14.2 Å². The van der Waals surface area contributed by atoms with Crippen LogP contribution in [0.1, 0.15) is 20.8 Å². The average molecular weight is 299 g/mol. The van der Waals surface area contributed by atoms with Crippen LogP contribution in [-0.4, -0.2) is 53.2 Å². The maximum atomic E-state index is 12.6. The zero-order valence-corrected chi connectivity index (χ0v) is 12.4. The van der Waals surface area contributed by atoms with Gasteiger partial charge in [-0.25, -0.2) is 4.79 Å². The van der Waals surface area contributed by atoms with E-state index in [0.717, 1.165) is 5.03 Å². The third kappa shape index (κ3) is 2.13. The number of fused-ring (bicyclic) bond motifs is 2. The Labute approximate surface area is 121 Å². The number of esters is 1. The summed E-state index contributed by atoms with van der Waals surface area (Å²) >= 11 is 1.47. The standard InChI is InChI=1S/C13H17NO5S/c1-4-17-12(16)7-6-20-9-5-8-10(11(15)14(7)9)19-13(2,3)18-8/h5,7-8,10H,4,6H2,1-3H3/t7-,8-,10-/m0/s1. The predicted octanol–water partition coefficient (Wildman–Crippen LogP) is 0.869. The molecule has 0 spiro atoms. The molecule has 3 heterocycles. The van der Waals surface area contributed by atoms with Crippen LogP contribution in [0.15, 0.2) is 11.1 Å². The summed E-state index contributed by atoms with van der Waals surface area (Å²) in [7, 11) is 0. The van der Waals surface area contributed by atoms with Gasteiger partial charge >= 0.3 is 5.97 Å². The molecule has 0 radical (unpaired) electrons. The number of amides is 1. The molecule has 0 aromatic rings. The molecular weight excluding hydrogens is 282 g/mol. The number of thioether (sulfide) groups is 1. The maximum Gasteiger partial charge on any atom is 0.330 e. The SMILES string of the molecule is CCOC(=O)[C@@H]1CSC2=C[C@@H]3OC(C)(C)O[C@@H]3C(=O)N21. The van der Waals surface area contributed by atoms with Crippen molar-refractivity contribution in [3.05, 3.63) is 11.1 Å². The minimum atomic E-state index is -0.786. The van der Waals surface area contributed by atoms with Gasteiger partial charge in [-0.3, -0.25) is 9.69 Å². The lowest BCUT2D eigenvalue weighted by atomic mass is 10.1. The summed E-state index contributed by atoms with van der Waals surface area (Å²) in [6.07, 6.45) is 0.812. The molecule has 2 saturated heterocycles. The second kappa shape index (κ2) is 4.75. The predicted molar refractivity (Wildman–Crippen MR) is 71.6 cm³/mol. The van der Waals surface area contributed by atoms with E-state index in [1.54, 1.807) is 20.8 Å². The van der Waals surface area contributed by atoms with Crippen molar-refractivity contribution in [3.8, 4) is 0 Å². The topological polar surface area (TPSA) is 65.1 Å². The molecule has 0 saturated carbocycles. The number of nitrogens with zero attached hydrogens (tertiary/aromatic N) is 1. The van der Waals surface area contributed by atoms with Crippen molar-refractivity contribution in [2.45, 2.75) is 44.8 Å². The van der Waals surface area contributed by atoms with Crippen LogP contribution in [0, 0.1) is 0 Å². The summed E-state index contributed by atoms with van der Waals surface area (Å²) < 4.78 is 16.4. The summed E-state index contributed by atoms with van der Waals surface area (Å²) in [6, 6.07) is -0.563. The first-order chi connectivity index (χ1) is 9.43. The normalized spacial score (nSPS) is 34.5. The largest absolute Gasteiger partial charge is 0.464 e. The molecule has 110 valence electrons. The highest BCUT2D eigenvalue weighted by Crippen LogP contribution is 2.42. The van der Waals surface area contributed by atoms with Gasteiger partial charge in [0.15, 0.2) is 11.9 Å². The molecule has 3 aliphatic rings. The number of rotatable bonds is 2. The first kappa shape index (κ1) is 13.9. The van der Waals surface area contributed by atoms with Crippen LogP contribution >= 0.6 is 11.8 Å². The number of hydrogen-bond acceptors (Lipinski definition) is 6. The van der Waals surface area contributed by atoms with Gasteiger partial charge in [-0.2, -0.15) is 0 Å². The lowest BCUT2D eigenvalue weighted by Crippen LogP contribution is -2.51. The third-order valence-electron chi connectivity index (χ3n) is 3.41. The fraction of sp³-hybridized carbons (Fsp3) is 0.692. The Balaban J connectivity index is 1.86. The quantitative estimate of drug-likeness (QED) is 0.705. The molecule has 3 rings (SSSR count). The maximum absolute atomic E-state index is 12.6. The highest BCUT2D eigenvalue weighted by Gasteiger charge is 2.53. The Hall–Kier alpha value is -1.05. The smallest absolute Gasteiger partial charge is 0.330 e. The van der Waals surface area contributed by atoms with Crippen LogP contribution < -0.4 is 0 Å². The minimum absolute atomic E-state index is 0.221. The Morgan fingerprint density at radius 3 is 3.00 bits per heavy atom. The highest BCUT2D eigenvalue weighted by molar-refractivity contribution is 8.03. The van der Waals surface area contributed by atoms with Gasteiger partial charge in [0.1, 0.15) is 12.1 Å². The van der Waals surface area contributed by atoms with Crippen molar-refractivity contribution in [1.82, 2.24) is 4.90 Å². The second-order valence-corrected chi connectivity index (χ2v) is 6.35. The lowest BCUT2D eigenvalue weighted by molar-refractivity contribution is -0.163. The number of hydrogen-bond donors (Lipinski definition) is 0. The molecule has 6 nitrogen and oxygen atoms in total. The zero-order valence-electron chi connectivity index (χ0n) is 11.6. The van der Waals surface area contributed by atoms with Crippen molar-refractivity contribution in [2.24, 2.45) is 0 Å². The molecule has 0 aromatic heterocycles. The van der Waals surface area contributed by atoms with E-state index in [2.05, 4.69) is 0 Å². The first-order valence-corrected chi connectivity index (χ1v) is 7.61. The van der Waals surface area contributed by atoms with Crippen LogP contribution in [-0.2, 0) is 23.8 Å². The molecule has 1 amide bonds. The fourth-order valence-electron chi connectivity index (χ4n) is 2.64. The van der Waals surface area contributed by atoms with E-state index in [9.17, 15) is 9.59 Å². The highest BCUT2D eigenvalue weighted by atomic mass is 32.2. The second-order valence-electron chi connectivity index (χ2n) is 5.31. The molecule has 0 unspecified atom stereocenters. The van der Waals surface area contributed by atoms with Crippen LogP contribution in [0.2, 0.25) is 0 Å². The first-order valence-electron chi connectivity index (χ1n) is 6.63. The van der Waals surface area contributed by atoms with Crippen LogP contribution in [0.5, 0.6) is 0 Å². The number of carbonyl (C=O) groups excluding carboxylic acids is 2. The van der Waals surface area contributed by atoms with Crippen LogP contribution in [0.4, 0.5) is 0 Å². The monoisotopic (exact) mass is 299 g/mol. The molecule has 3 aliphatic heterocycles. The summed E-state index contributed by atoms with van der Waals surface area (Å²) in [5, 5.41) is 0.760. The summed E-state index contributed by atoms with van der Waals surface area (Å²) in [5.41, 5.74) is 0. The van der Waals surface area contributed by atoms with Gasteiger partial charge in [-0.15, -0.1) is 11.8 Å². The van der Waals surface area contributed by atoms with E-state index in [1.807, 2.05) is 6.08 Å². The lowest BCUT2D eigenvalue weighted by Gasteiger charge is -2.30. The van der Waals surface area contributed by atoms with Crippen LogP contribution in [0.25, 0.3) is 0 Å². The molecule has 2 fully saturated rings. The molecule has 0 N–H and O–H groups in total. The van der Waals surface area contributed by atoms with Gasteiger partial charge in [-0.05, 0) is 26.8 Å². The number of ether oxygens (including phenoxy) is 3. The van der Waals surface area contributed by atoms with Crippen molar-refractivity contribution in [2.75, 3.05) is 12.4 Å². The van der Waals surface area contributed by atoms with E-state index in [1.165, 1.54) is 16.7 Å². The van der Waals surface area contributed by atoms with Crippen molar-refractivity contribution < 1.29 is 23.8 Å². The fourth-order valence-corrected chi connectivity index (χ4v) is 3.85. The molecule has 7 heteroatoms. The van der Waals surface area contributed by atoms with Crippen molar-refractivity contribution in [3.63, 3.8) is 0 Å². The van der Waals surface area contributed by atoms with Gasteiger partial charge in [0.05, 0.1) is 11.6 Å². The Kier molecular flexibility index (Phi) is 3.30. The molecular formula is C13H17NO5S. The van der Waals surface area contributed by atoms with Gasteiger partial charge in [0.2, 0.25) is 0 Å². The zero-order chi connectivity index (χ0) is 14.5. The Morgan fingerprint density at radius 2 is 2.30 bits per heavy atom. The minimum Gasteiger partial charge on any atom is -0.464 e. The van der Waals surface area contributed by atoms with Crippen molar-refractivity contribution >= 4 is 23.6 Å². The summed E-state index contributed by atoms with van der Waals surface area (Å²) in [6.45, 7) is 5.61. The third-order valence-corrected chi connectivity index (χ3v) is 4.52. The Bertz CT molecular complexity index is 489. The van der Waals surface area contributed by atoms with E-state index >= 15 is 0 Å². The molecule has 20 heavy (non-hydrogen) atoms. The van der Waals surface area contributed by atoms with Gasteiger partial charge < -0.3 is 14.2 Å². The van der Waals surface area contributed by atoms with Gasteiger partial charge in [0.25, 0.3) is 5.91 Å².